The number of carbonyl (C=O) groups excluding carboxylic acids is 1. The maximum absolute atomic E-state index is 11.8. The Labute approximate surface area is 113 Å². The van der Waals surface area contributed by atoms with Crippen molar-refractivity contribution in [1.29, 1.82) is 0 Å². The van der Waals surface area contributed by atoms with Crippen LogP contribution in [0.5, 0.6) is 0 Å². The predicted octanol–water partition coefficient (Wildman–Crippen LogP) is 2.13. The van der Waals surface area contributed by atoms with E-state index in [1.54, 1.807) is 18.5 Å². The number of hydrogen-bond acceptors (Lipinski definition) is 3. The number of rotatable bonds is 5. The molecule has 5 heteroatoms. The first-order chi connectivity index (χ1) is 9.31. The molecule has 2 aromatic rings. The molecule has 5 nitrogen and oxygen atoms in total. The summed E-state index contributed by atoms with van der Waals surface area (Å²) in [5, 5.41) is 2.79. The van der Waals surface area contributed by atoms with E-state index >= 15 is 0 Å². The largest absolute Gasteiger partial charge is 0.380 e. The summed E-state index contributed by atoms with van der Waals surface area (Å²) in [6, 6.07) is 3.58. The molecular weight excluding hydrogens is 242 g/mol. The van der Waals surface area contributed by atoms with E-state index in [2.05, 4.69) is 10.3 Å². The minimum atomic E-state index is -0.0969. The lowest BCUT2D eigenvalue weighted by atomic mass is 10.2. The number of imidazole rings is 1. The molecule has 2 heterocycles. The molecule has 1 amide bonds. The smallest absolute Gasteiger partial charge is 0.252 e. The highest BCUT2D eigenvalue weighted by molar-refractivity contribution is 5.94. The number of amides is 1. The van der Waals surface area contributed by atoms with Gasteiger partial charge < -0.3 is 14.5 Å². The third-order valence-electron chi connectivity index (χ3n) is 2.39. The molecule has 0 unspecified atom stereocenters. The van der Waals surface area contributed by atoms with Crippen LogP contribution in [-0.4, -0.2) is 35.1 Å². The van der Waals surface area contributed by atoms with Crippen molar-refractivity contribution in [3.05, 3.63) is 36.3 Å². The van der Waals surface area contributed by atoms with Gasteiger partial charge >= 0.3 is 0 Å². The number of nitrogens with one attached hydrogen (secondary N) is 1. The number of aromatic nitrogens is 2. The van der Waals surface area contributed by atoms with Crippen LogP contribution in [0.3, 0.4) is 0 Å². The fourth-order valence-corrected chi connectivity index (χ4v) is 1.54. The van der Waals surface area contributed by atoms with Crippen LogP contribution in [0, 0.1) is 0 Å². The van der Waals surface area contributed by atoms with Gasteiger partial charge in [-0.05, 0) is 19.1 Å². The maximum Gasteiger partial charge on any atom is 0.252 e. The molecule has 0 atom stereocenters. The van der Waals surface area contributed by atoms with Gasteiger partial charge in [0.2, 0.25) is 0 Å². The van der Waals surface area contributed by atoms with Crippen LogP contribution in [0.15, 0.2) is 30.7 Å². The van der Waals surface area contributed by atoms with Crippen molar-refractivity contribution in [1.82, 2.24) is 14.7 Å². The van der Waals surface area contributed by atoms with Gasteiger partial charge in [0.15, 0.2) is 0 Å². The molecule has 0 spiro atoms. The zero-order valence-electron chi connectivity index (χ0n) is 11.7. The fraction of sp³-hybridized carbons (Fsp3) is 0.429. The summed E-state index contributed by atoms with van der Waals surface area (Å²) < 4.78 is 6.96. The second-order valence-electron chi connectivity index (χ2n) is 3.56. The summed E-state index contributed by atoms with van der Waals surface area (Å²) in [6.45, 7) is 7.65. The number of hydrogen-bond donors (Lipinski definition) is 1. The average molecular weight is 263 g/mol. The number of pyridine rings is 1. The van der Waals surface area contributed by atoms with Crippen molar-refractivity contribution in [2.24, 2.45) is 0 Å². The van der Waals surface area contributed by atoms with Crippen LogP contribution in [0.25, 0.3) is 5.65 Å². The Balaban J connectivity index is 0.000000861. The Kier molecular flexibility index (Phi) is 6.60. The van der Waals surface area contributed by atoms with Crippen LogP contribution in [0.1, 0.15) is 31.1 Å². The fourth-order valence-electron chi connectivity index (χ4n) is 1.54. The molecule has 0 radical (unpaired) electrons. The summed E-state index contributed by atoms with van der Waals surface area (Å²) >= 11 is 0. The zero-order chi connectivity index (χ0) is 14.1. The zero-order valence-corrected chi connectivity index (χ0v) is 11.7. The van der Waals surface area contributed by atoms with Gasteiger partial charge in [0.1, 0.15) is 5.65 Å². The topological polar surface area (TPSA) is 55.6 Å². The normalized spacial score (nSPS) is 9.84. The quantitative estimate of drug-likeness (QED) is 0.841. The van der Waals surface area contributed by atoms with Crippen molar-refractivity contribution < 1.29 is 9.53 Å². The summed E-state index contributed by atoms with van der Waals surface area (Å²) in [4.78, 5) is 15.9. The van der Waals surface area contributed by atoms with Crippen LogP contribution in [0.4, 0.5) is 0 Å². The van der Waals surface area contributed by atoms with E-state index in [-0.39, 0.29) is 5.91 Å². The summed E-state index contributed by atoms with van der Waals surface area (Å²) in [7, 11) is 0. The number of carbonyl (C=O) groups is 1. The maximum atomic E-state index is 11.8. The molecule has 2 rings (SSSR count). The standard InChI is InChI=1S/C12H15N3O2.C2H6/c1-2-17-8-6-14-12(16)10-3-4-11-13-5-7-15(11)9-10;1-2/h3-5,7,9H,2,6,8H2,1H3,(H,14,16);1-2H3. The Bertz CT molecular complexity index is 508. The molecule has 104 valence electrons. The molecule has 0 saturated heterocycles. The first-order valence-electron chi connectivity index (χ1n) is 6.60. The second-order valence-corrected chi connectivity index (χ2v) is 3.56. The summed E-state index contributed by atoms with van der Waals surface area (Å²) in [5.74, 6) is -0.0969. The Morgan fingerprint density at radius 1 is 1.42 bits per heavy atom. The van der Waals surface area contributed by atoms with Crippen LogP contribution in [0.2, 0.25) is 0 Å². The first kappa shape index (κ1) is 15.2. The van der Waals surface area contributed by atoms with Gasteiger partial charge in [0, 0.05) is 31.7 Å². The molecule has 19 heavy (non-hydrogen) atoms. The highest BCUT2D eigenvalue weighted by Crippen LogP contribution is 2.04. The molecule has 0 aliphatic rings. The molecule has 0 saturated carbocycles. The van der Waals surface area contributed by atoms with Gasteiger partial charge in [-0.25, -0.2) is 4.98 Å². The van der Waals surface area contributed by atoms with E-state index in [0.717, 1.165) is 5.65 Å². The summed E-state index contributed by atoms with van der Waals surface area (Å²) in [5.41, 5.74) is 1.45. The van der Waals surface area contributed by atoms with Crippen molar-refractivity contribution >= 4 is 11.6 Å². The monoisotopic (exact) mass is 263 g/mol. The third kappa shape index (κ3) is 4.37. The van der Waals surface area contributed by atoms with Gasteiger partial charge in [0.05, 0.1) is 12.2 Å². The minimum absolute atomic E-state index is 0.0969. The Morgan fingerprint density at radius 3 is 2.95 bits per heavy atom. The number of ether oxygens (including phenoxy) is 1. The van der Waals surface area contributed by atoms with E-state index in [1.807, 2.05) is 37.4 Å². The van der Waals surface area contributed by atoms with Crippen LogP contribution >= 0.6 is 0 Å². The number of nitrogens with zero attached hydrogens (tertiary/aromatic N) is 2. The van der Waals surface area contributed by atoms with E-state index in [1.165, 1.54) is 0 Å². The van der Waals surface area contributed by atoms with Crippen molar-refractivity contribution in [3.8, 4) is 0 Å². The van der Waals surface area contributed by atoms with Crippen molar-refractivity contribution in [2.75, 3.05) is 19.8 Å². The molecule has 0 bridgehead atoms. The molecular formula is C14H21N3O2. The molecule has 0 aromatic carbocycles. The van der Waals surface area contributed by atoms with Gasteiger partial charge in [-0.3, -0.25) is 4.79 Å². The highest BCUT2D eigenvalue weighted by Gasteiger charge is 2.05. The van der Waals surface area contributed by atoms with Gasteiger partial charge in [-0.1, -0.05) is 13.8 Å². The van der Waals surface area contributed by atoms with Crippen molar-refractivity contribution in [3.63, 3.8) is 0 Å². The van der Waals surface area contributed by atoms with E-state index in [4.69, 9.17) is 4.74 Å². The molecule has 1 N–H and O–H groups in total. The van der Waals surface area contributed by atoms with Crippen LogP contribution in [-0.2, 0) is 4.74 Å². The van der Waals surface area contributed by atoms with Gasteiger partial charge in [-0.2, -0.15) is 0 Å². The second kappa shape index (κ2) is 8.26. The van der Waals surface area contributed by atoms with E-state index in [9.17, 15) is 4.79 Å². The lowest BCUT2D eigenvalue weighted by Crippen LogP contribution is -2.27. The molecule has 0 aliphatic carbocycles. The minimum Gasteiger partial charge on any atom is -0.380 e. The first-order valence-corrected chi connectivity index (χ1v) is 6.60. The lowest BCUT2D eigenvalue weighted by Gasteiger charge is -2.05. The Hall–Kier alpha value is -1.88. The van der Waals surface area contributed by atoms with E-state index in [0.29, 0.717) is 25.3 Å². The lowest BCUT2D eigenvalue weighted by molar-refractivity contribution is 0.0922. The third-order valence-corrected chi connectivity index (χ3v) is 2.39. The average Bonchev–Trinajstić information content (AvgIpc) is 2.93. The van der Waals surface area contributed by atoms with Gasteiger partial charge in [-0.15, -0.1) is 0 Å². The molecule has 2 aromatic heterocycles. The SMILES string of the molecule is CC.CCOCCNC(=O)c1ccc2nccn2c1. The highest BCUT2D eigenvalue weighted by atomic mass is 16.5. The van der Waals surface area contributed by atoms with Gasteiger partial charge in [0.25, 0.3) is 5.91 Å². The predicted molar refractivity (Wildman–Crippen MR) is 75.4 cm³/mol. The van der Waals surface area contributed by atoms with Crippen molar-refractivity contribution in [2.45, 2.75) is 20.8 Å². The molecule has 0 fully saturated rings. The van der Waals surface area contributed by atoms with E-state index < -0.39 is 0 Å². The summed E-state index contributed by atoms with van der Waals surface area (Å²) in [6.07, 6.45) is 5.27. The Morgan fingerprint density at radius 2 is 2.21 bits per heavy atom. The van der Waals surface area contributed by atoms with Crippen LogP contribution < -0.4 is 5.32 Å². The molecule has 0 aliphatic heterocycles. The number of fused-ring (bicyclic) bond motifs is 1.